The Balaban J connectivity index is 1.52. The maximum atomic E-state index is 13.0. The lowest BCUT2D eigenvalue weighted by atomic mass is 10.1. The van der Waals surface area contributed by atoms with Crippen LogP contribution >= 0.6 is 0 Å². The van der Waals surface area contributed by atoms with Crippen molar-refractivity contribution in [3.8, 4) is 0 Å². The van der Waals surface area contributed by atoms with E-state index < -0.39 is 10.0 Å². The summed E-state index contributed by atoms with van der Waals surface area (Å²) in [4.78, 5) is 2.71. The zero-order valence-electron chi connectivity index (χ0n) is 14.9. The number of rotatable bonds is 4. The first-order valence-electron chi connectivity index (χ1n) is 9.00. The molecule has 2 heterocycles. The van der Waals surface area contributed by atoms with Crippen LogP contribution in [0.3, 0.4) is 0 Å². The zero-order valence-corrected chi connectivity index (χ0v) is 15.7. The molecule has 4 rings (SSSR count). The van der Waals surface area contributed by atoms with Crippen molar-refractivity contribution in [2.75, 3.05) is 26.2 Å². The molecule has 0 amide bonds. The maximum Gasteiger partial charge on any atom is 0.243 e. The van der Waals surface area contributed by atoms with E-state index in [1.165, 1.54) is 5.56 Å². The lowest BCUT2D eigenvalue weighted by Gasteiger charge is -2.36. The Morgan fingerprint density at radius 1 is 1.04 bits per heavy atom. The molecular formula is C20H24N2O3S. The summed E-state index contributed by atoms with van der Waals surface area (Å²) >= 11 is 0. The van der Waals surface area contributed by atoms with Crippen molar-refractivity contribution in [3.05, 3.63) is 65.7 Å². The standard InChI is InChI=1S/C20H24N2O3S/c1-16-7-9-18(10-8-16)26(23,24)22-14-19-20(15-22)25-12-11-21(19)13-17-5-3-2-4-6-17/h2-10,19-20H,11-15H2,1H3/t19-,20+/m0/s1. The summed E-state index contributed by atoms with van der Waals surface area (Å²) in [5.74, 6) is 0. The molecule has 0 N–H and O–H groups in total. The Labute approximate surface area is 155 Å². The van der Waals surface area contributed by atoms with Crippen molar-refractivity contribution in [1.82, 2.24) is 9.21 Å². The second kappa shape index (κ2) is 7.12. The van der Waals surface area contributed by atoms with Gasteiger partial charge in [0.1, 0.15) is 0 Å². The van der Waals surface area contributed by atoms with Gasteiger partial charge >= 0.3 is 0 Å². The van der Waals surface area contributed by atoms with Crippen molar-refractivity contribution in [1.29, 1.82) is 0 Å². The van der Waals surface area contributed by atoms with Crippen LogP contribution in [0.1, 0.15) is 11.1 Å². The molecule has 0 spiro atoms. The number of fused-ring (bicyclic) bond motifs is 1. The largest absolute Gasteiger partial charge is 0.374 e. The van der Waals surface area contributed by atoms with E-state index in [0.29, 0.717) is 24.6 Å². The molecule has 2 fully saturated rings. The van der Waals surface area contributed by atoms with Crippen LogP contribution in [-0.2, 0) is 21.3 Å². The van der Waals surface area contributed by atoms with E-state index in [-0.39, 0.29) is 12.1 Å². The third kappa shape index (κ3) is 3.42. The third-order valence-corrected chi connectivity index (χ3v) is 7.12. The quantitative estimate of drug-likeness (QED) is 0.826. The number of benzene rings is 2. The minimum Gasteiger partial charge on any atom is -0.374 e. The monoisotopic (exact) mass is 372 g/mol. The average molecular weight is 372 g/mol. The van der Waals surface area contributed by atoms with Crippen molar-refractivity contribution < 1.29 is 13.2 Å². The summed E-state index contributed by atoms with van der Waals surface area (Å²) in [6, 6.07) is 17.5. The predicted molar refractivity (Wildman–Crippen MR) is 100 cm³/mol. The van der Waals surface area contributed by atoms with Crippen LogP contribution in [0, 0.1) is 6.92 Å². The fourth-order valence-corrected chi connectivity index (χ4v) is 5.26. The molecule has 6 heteroatoms. The third-order valence-electron chi connectivity index (χ3n) is 5.27. The van der Waals surface area contributed by atoms with E-state index in [1.807, 2.05) is 37.3 Å². The second-order valence-electron chi connectivity index (χ2n) is 7.07. The van der Waals surface area contributed by atoms with Crippen LogP contribution in [0.15, 0.2) is 59.5 Å². The van der Waals surface area contributed by atoms with Crippen LogP contribution in [0.2, 0.25) is 0 Å². The number of hydrogen-bond acceptors (Lipinski definition) is 4. The van der Waals surface area contributed by atoms with Gasteiger partial charge in [0.25, 0.3) is 0 Å². The summed E-state index contributed by atoms with van der Waals surface area (Å²) in [6.45, 7) is 5.15. The molecule has 0 unspecified atom stereocenters. The van der Waals surface area contributed by atoms with Crippen molar-refractivity contribution in [2.45, 2.75) is 30.5 Å². The molecule has 5 nitrogen and oxygen atoms in total. The zero-order chi connectivity index (χ0) is 18.1. The van der Waals surface area contributed by atoms with Gasteiger partial charge in [-0.2, -0.15) is 4.31 Å². The highest BCUT2D eigenvalue weighted by Crippen LogP contribution is 2.29. The van der Waals surface area contributed by atoms with Gasteiger partial charge in [0.05, 0.1) is 23.6 Å². The molecule has 2 aromatic rings. The molecule has 2 aromatic carbocycles. The van der Waals surface area contributed by atoms with E-state index in [2.05, 4.69) is 17.0 Å². The van der Waals surface area contributed by atoms with Gasteiger partial charge in [-0.3, -0.25) is 4.90 Å². The highest BCUT2D eigenvalue weighted by molar-refractivity contribution is 7.89. The van der Waals surface area contributed by atoms with Gasteiger partial charge in [0.2, 0.25) is 10.0 Å². The summed E-state index contributed by atoms with van der Waals surface area (Å²) in [5.41, 5.74) is 2.30. The molecule has 0 aromatic heterocycles. The average Bonchev–Trinajstić information content (AvgIpc) is 3.09. The second-order valence-corrected chi connectivity index (χ2v) is 9.01. The van der Waals surface area contributed by atoms with Crippen LogP contribution < -0.4 is 0 Å². The van der Waals surface area contributed by atoms with Crippen LogP contribution in [-0.4, -0.2) is 56.0 Å². The van der Waals surface area contributed by atoms with E-state index in [9.17, 15) is 8.42 Å². The van der Waals surface area contributed by atoms with E-state index in [0.717, 1.165) is 18.7 Å². The van der Waals surface area contributed by atoms with Gasteiger partial charge < -0.3 is 4.74 Å². The Bertz CT molecular complexity index is 852. The molecule has 2 atom stereocenters. The van der Waals surface area contributed by atoms with Gasteiger partial charge in [-0.05, 0) is 24.6 Å². The summed E-state index contributed by atoms with van der Waals surface area (Å²) < 4.78 is 33.5. The van der Waals surface area contributed by atoms with Gasteiger partial charge in [0, 0.05) is 26.2 Å². The van der Waals surface area contributed by atoms with E-state index >= 15 is 0 Å². The highest BCUT2D eigenvalue weighted by Gasteiger charge is 2.44. The Hall–Kier alpha value is -1.73. The molecule has 2 aliphatic rings. The Morgan fingerprint density at radius 3 is 2.50 bits per heavy atom. The Kier molecular flexibility index (Phi) is 4.84. The van der Waals surface area contributed by atoms with Gasteiger partial charge in [-0.15, -0.1) is 0 Å². The molecule has 26 heavy (non-hydrogen) atoms. The van der Waals surface area contributed by atoms with E-state index in [1.54, 1.807) is 16.4 Å². The fraction of sp³-hybridized carbons (Fsp3) is 0.400. The number of ether oxygens (including phenoxy) is 1. The SMILES string of the molecule is Cc1ccc(S(=O)(=O)N2C[C@H]3OCCN(Cc4ccccc4)[C@H]3C2)cc1. The molecule has 0 saturated carbocycles. The number of sulfonamides is 1. The highest BCUT2D eigenvalue weighted by atomic mass is 32.2. The van der Waals surface area contributed by atoms with Crippen LogP contribution in [0.25, 0.3) is 0 Å². The molecular weight excluding hydrogens is 348 g/mol. The smallest absolute Gasteiger partial charge is 0.243 e. The van der Waals surface area contributed by atoms with Crippen LogP contribution in [0.4, 0.5) is 0 Å². The number of nitrogens with zero attached hydrogens (tertiary/aromatic N) is 2. The van der Waals surface area contributed by atoms with Gasteiger partial charge in [-0.1, -0.05) is 48.0 Å². The lowest BCUT2D eigenvalue weighted by Crippen LogP contribution is -2.50. The minimum atomic E-state index is -3.48. The van der Waals surface area contributed by atoms with Gasteiger partial charge in [-0.25, -0.2) is 8.42 Å². The molecule has 2 saturated heterocycles. The molecule has 138 valence electrons. The first-order chi connectivity index (χ1) is 12.5. The minimum absolute atomic E-state index is 0.0623. The van der Waals surface area contributed by atoms with E-state index in [4.69, 9.17) is 4.74 Å². The fourth-order valence-electron chi connectivity index (χ4n) is 3.79. The molecule has 2 aliphatic heterocycles. The summed E-state index contributed by atoms with van der Waals surface area (Å²) in [5, 5.41) is 0. The van der Waals surface area contributed by atoms with Crippen molar-refractivity contribution >= 4 is 10.0 Å². The molecule has 0 radical (unpaired) electrons. The number of aryl methyl sites for hydroxylation is 1. The van der Waals surface area contributed by atoms with Gasteiger partial charge in [0.15, 0.2) is 0 Å². The van der Waals surface area contributed by atoms with Crippen molar-refractivity contribution in [2.24, 2.45) is 0 Å². The maximum absolute atomic E-state index is 13.0. The van der Waals surface area contributed by atoms with Crippen LogP contribution in [0.5, 0.6) is 0 Å². The first kappa shape index (κ1) is 17.7. The number of morpholine rings is 1. The number of hydrogen-bond donors (Lipinski definition) is 0. The first-order valence-corrected chi connectivity index (χ1v) is 10.4. The normalized spacial score (nSPS) is 24.5. The summed E-state index contributed by atoms with van der Waals surface area (Å²) in [7, 11) is -3.48. The Morgan fingerprint density at radius 2 is 1.77 bits per heavy atom. The predicted octanol–water partition coefficient (Wildman–Crippen LogP) is 2.27. The molecule has 0 aliphatic carbocycles. The topological polar surface area (TPSA) is 49.9 Å². The lowest BCUT2D eigenvalue weighted by molar-refractivity contribution is -0.0502. The summed E-state index contributed by atoms with van der Waals surface area (Å²) in [6.07, 6.45) is -0.0623. The molecule has 0 bridgehead atoms. The van der Waals surface area contributed by atoms with Crippen molar-refractivity contribution in [3.63, 3.8) is 0 Å².